The van der Waals surface area contributed by atoms with E-state index in [0.29, 0.717) is 30.2 Å². The molecule has 7 nitrogen and oxygen atoms in total. The minimum atomic E-state index is -0.454. The molecule has 0 aliphatic carbocycles. The van der Waals surface area contributed by atoms with Crippen molar-refractivity contribution in [2.45, 2.75) is 6.04 Å². The molecule has 0 spiro atoms. The molecule has 0 radical (unpaired) electrons. The molecule has 3 aromatic rings. The Morgan fingerprint density at radius 3 is 2.79 bits per heavy atom. The van der Waals surface area contributed by atoms with Crippen LogP contribution < -0.4 is 15.4 Å². The van der Waals surface area contributed by atoms with Gasteiger partial charge in [-0.2, -0.15) is 0 Å². The second-order valence-corrected chi connectivity index (χ2v) is 6.70. The van der Waals surface area contributed by atoms with Gasteiger partial charge in [-0.1, -0.05) is 0 Å². The fraction of sp³-hybridized carbons (Fsp3) is 0.238. The van der Waals surface area contributed by atoms with Gasteiger partial charge in [-0.3, -0.25) is 9.78 Å². The molecule has 2 aromatic heterocycles. The van der Waals surface area contributed by atoms with E-state index in [2.05, 4.69) is 15.6 Å². The van der Waals surface area contributed by atoms with Crippen molar-refractivity contribution in [2.24, 2.45) is 0 Å². The molecular formula is C21H21FN4O3. The lowest BCUT2D eigenvalue weighted by Gasteiger charge is -2.26. The average Bonchev–Trinajstić information content (AvgIpc) is 3.12. The van der Waals surface area contributed by atoms with Crippen LogP contribution in [-0.2, 0) is 4.74 Å². The summed E-state index contributed by atoms with van der Waals surface area (Å²) in [6.45, 7) is 0.940. The highest BCUT2D eigenvalue weighted by atomic mass is 19.1. The molecule has 1 aromatic carbocycles. The lowest BCUT2D eigenvalue weighted by molar-refractivity contribution is 0.0876. The normalized spacial score (nSPS) is 15.6. The second kappa shape index (κ2) is 7.92. The Bertz CT molecular complexity index is 1040. The molecule has 1 amide bonds. The smallest absolute Gasteiger partial charge is 0.270 e. The number of pyridine rings is 1. The van der Waals surface area contributed by atoms with E-state index in [4.69, 9.17) is 9.47 Å². The Balaban J connectivity index is 1.86. The summed E-state index contributed by atoms with van der Waals surface area (Å²) >= 11 is 0. The minimum absolute atomic E-state index is 0.0356. The van der Waals surface area contributed by atoms with E-state index in [1.54, 1.807) is 31.6 Å². The summed E-state index contributed by atoms with van der Waals surface area (Å²) in [7, 11) is 3.04. The first-order valence-corrected chi connectivity index (χ1v) is 9.15. The fourth-order valence-corrected chi connectivity index (χ4v) is 3.53. The summed E-state index contributed by atoms with van der Waals surface area (Å²) in [5.74, 6) is -0.520. The van der Waals surface area contributed by atoms with E-state index in [-0.39, 0.29) is 17.7 Å². The Labute approximate surface area is 167 Å². The highest BCUT2D eigenvalue weighted by molar-refractivity contribution is 6.04. The van der Waals surface area contributed by atoms with E-state index in [9.17, 15) is 9.18 Å². The zero-order valence-corrected chi connectivity index (χ0v) is 16.1. The number of nitrogens with one attached hydrogen (secondary N) is 2. The molecule has 8 heteroatoms. The third kappa shape index (κ3) is 3.54. The molecule has 29 heavy (non-hydrogen) atoms. The first-order valence-electron chi connectivity index (χ1n) is 9.15. The number of carbonyl (C=O) groups excluding carboxylic acids is 1. The lowest BCUT2D eigenvalue weighted by Crippen LogP contribution is -2.40. The van der Waals surface area contributed by atoms with Crippen molar-refractivity contribution < 1.29 is 18.7 Å². The number of anilines is 2. The van der Waals surface area contributed by atoms with Gasteiger partial charge in [-0.15, -0.1) is 0 Å². The van der Waals surface area contributed by atoms with Crippen LogP contribution in [0.5, 0.6) is 5.75 Å². The number of methoxy groups -OCH3 is 2. The summed E-state index contributed by atoms with van der Waals surface area (Å²) < 4.78 is 26.2. The molecule has 0 unspecified atom stereocenters. The van der Waals surface area contributed by atoms with Gasteiger partial charge in [-0.25, -0.2) is 4.39 Å². The summed E-state index contributed by atoms with van der Waals surface area (Å²) in [6.07, 6.45) is 5.34. The van der Waals surface area contributed by atoms with Crippen molar-refractivity contribution in [3.63, 3.8) is 0 Å². The Morgan fingerprint density at radius 2 is 2.07 bits per heavy atom. The van der Waals surface area contributed by atoms with Crippen LogP contribution in [0.3, 0.4) is 0 Å². The summed E-state index contributed by atoms with van der Waals surface area (Å²) in [5, 5.41) is 6.20. The number of halogens is 1. The van der Waals surface area contributed by atoms with Gasteiger partial charge >= 0.3 is 0 Å². The summed E-state index contributed by atoms with van der Waals surface area (Å²) in [4.78, 5) is 16.8. The van der Waals surface area contributed by atoms with Crippen LogP contribution in [0.1, 0.15) is 16.5 Å². The van der Waals surface area contributed by atoms with Crippen molar-refractivity contribution in [3.8, 4) is 16.9 Å². The zero-order chi connectivity index (χ0) is 20.4. The number of aromatic nitrogens is 2. The average molecular weight is 396 g/mol. The maximum Gasteiger partial charge on any atom is 0.270 e. The molecule has 0 saturated carbocycles. The molecule has 1 atom stereocenters. The standard InChI is InChI=1S/C21H21FN4O3/c1-28-12-15-10-24-21(27)20-19(25-14-3-4-17(22)18(9-14)29-2)16(11-26(15)20)13-5-7-23-8-6-13/h3-9,11,15,25H,10,12H2,1-2H3,(H,24,27)/t15-/m1/s1. The van der Waals surface area contributed by atoms with Gasteiger partial charge < -0.3 is 24.7 Å². The highest BCUT2D eigenvalue weighted by Gasteiger charge is 2.31. The van der Waals surface area contributed by atoms with Crippen molar-refractivity contribution >= 4 is 17.3 Å². The van der Waals surface area contributed by atoms with E-state index >= 15 is 0 Å². The van der Waals surface area contributed by atoms with Gasteiger partial charge in [0.1, 0.15) is 5.69 Å². The number of hydrogen-bond acceptors (Lipinski definition) is 5. The molecule has 3 heterocycles. The van der Waals surface area contributed by atoms with E-state index < -0.39 is 5.82 Å². The third-order valence-electron chi connectivity index (χ3n) is 4.91. The molecule has 0 saturated heterocycles. The molecule has 4 rings (SSSR count). The number of rotatable bonds is 6. The summed E-state index contributed by atoms with van der Waals surface area (Å²) in [5.41, 5.74) is 3.47. The number of nitrogens with zero attached hydrogens (tertiary/aromatic N) is 2. The Kier molecular flexibility index (Phi) is 5.18. The van der Waals surface area contributed by atoms with Gasteiger partial charge in [0.05, 0.1) is 25.4 Å². The van der Waals surface area contributed by atoms with Crippen LogP contribution in [0.25, 0.3) is 11.1 Å². The van der Waals surface area contributed by atoms with Crippen molar-refractivity contribution in [2.75, 3.05) is 32.7 Å². The maximum absolute atomic E-state index is 13.8. The van der Waals surface area contributed by atoms with Crippen LogP contribution in [0.15, 0.2) is 48.9 Å². The van der Waals surface area contributed by atoms with Crippen LogP contribution >= 0.6 is 0 Å². The van der Waals surface area contributed by atoms with Crippen molar-refractivity contribution in [1.82, 2.24) is 14.9 Å². The van der Waals surface area contributed by atoms with Gasteiger partial charge in [0, 0.05) is 49.6 Å². The molecule has 2 N–H and O–H groups in total. The largest absolute Gasteiger partial charge is 0.494 e. The minimum Gasteiger partial charge on any atom is -0.494 e. The third-order valence-corrected chi connectivity index (χ3v) is 4.91. The molecule has 0 fully saturated rings. The highest BCUT2D eigenvalue weighted by Crippen LogP contribution is 2.38. The van der Waals surface area contributed by atoms with Crippen LogP contribution in [0.2, 0.25) is 0 Å². The van der Waals surface area contributed by atoms with Gasteiger partial charge in [0.15, 0.2) is 11.6 Å². The number of ether oxygens (including phenoxy) is 2. The van der Waals surface area contributed by atoms with Crippen LogP contribution in [0, 0.1) is 5.82 Å². The number of amides is 1. The summed E-state index contributed by atoms with van der Waals surface area (Å²) in [6, 6.07) is 8.20. The molecule has 150 valence electrons. The lowest BCUT2D eigenvalue weighted by atomic mass is 10.1. The second-order valence-electron chi connectivity index (χ2n) is 6.70. The number of benzene rings is 1. The Morgan fingerprint density at radius 1 is 1.28 bits per heavy atom. The maximum atomic E-state index is 13.8. The predicted octanol–water partition coefficient (Wildman–Crippen LogP) is 3.37. The number of fused-ring (bicyclic) bond motifs is 1. The van der Waals surface area contributed by atoms with E-state index in [0.717, 1.165) is 11.1 Å². The van der Waals surface area contributed by atoms with Crippen LogP contribution in [-0.4, -0.2) is 42.8 Å². The molecule has 1 aliphatic rings. The molecule has 0 bridgehead atoms. The monoisotopic (exact) mass is 396 g/mol. The van der Waals surface area contributed by atoms with Crippen molar-refractivity contribution in [3.05, 3.63) is 60.4 Å². The number of hydrogen-bond donors (Lipinski definition) is 2. The van der Waals surface area contributed by atoms with Crippen LogP contribution in [0.4, 0.5) is 15.8 Å². The first kappa shape index (κ1) is 18.9. The fourth-order valence-electron chi connectivity index (χ4n) is 3.53. The SMILES string of the molecule is COC[C@H]1CNC(=O)c2c(Nc3ccc(F)c(OC)c3)c(-c3ccncc3)cn21. The van der Waals surface area contributed by atoms with Crippen molar-refractivity contribution in [1.29, 1.82) is 0 Å². The van der Waals surface area contributed by atoms with Gasteiger partial charge in [-0.05, 0) is 29.8 Å². The number of carbonyl (C=O) groups is 1. The molecular weight excluding hydrogens is 375 g/mol. The van der Waals surface area contributed by atoms with E-state index in [1.807, 2.05) is 22.9 Å². The van der Waals surface area contributed by atoms with Gasteiger partial charge in [0.2, 0.25) is 0 Å². The quantitative estimate of drug-likeness (QED) is 0.668. The first-order chi connectivity index (χ1) is 14.1. The van der Waals surface area contributed by atoms with Gasteiger partial charge in [0.25, 0.3) is 5.91 Å². The molecule has 1 aliphatic heterocycles. The predicted molar refractivity (Wildman–Crippen MR) is 107 cm³/mol. The topological polar surface area (TPSA) is 77.4 Å². The van der Waals surface area contributed by atoms with E-state index in [1.165, 1.54) is 13.2 Å². The zero-order valence-electron chi connectivity index (χ0n) is 16.1. The Hall–Kier alpha value is -3.39.